The van der Waals surface area contributed by atoms with E-state index < -0.39 is 0 Å². The van der Waals surface area contributed by atoms with Crippen LogP contribution in [0.1, 0.15) is 31.4 Å². The van der Waals surface area contributed by atoms with Crippen LogP contribution in [0.2, 0.25) is 0 Å². The Bertz CT molecular complexity index is 674. The molecule has 0 saturated carbocycles. The summed E-state index contributed by atoms with van der Waals surface area (Å²) in [7, 11) is 0. The van der Waals surface area contributed by atoms with Gasteiger partial charge in [0.1, 0.15) is 5.82 Å². The van der Waals surface area contributed by atoms with Gasteiger partial charge in [0.15, 0.2) is 0 Å². The molecule has 0 aromatic carbocycles. The van der Waals surface area contributed by atoms with Crippen LogP contribution in [0.5, 0.6) is 0 Å². The zero-order chi connectivity index (χ0) is 16.9. The number of hydrogen-bond acceptors (Lipinski definition) is 5. The number of carbonyl (C=O) groups is 1. The summed E-state index contributed by atoms with van der Waals surface area (Å²) >= 11 is 0. The van der Waals surface area contributed by atoms with E-state index in [0.717, 1.165) is 36.5 Å². The summed E-state index contributed by atoms with van der Waals surface area (Å²) < 4.78 is 0. The summed E-state index contributed by atoms with van der Waals surface area (Å²) in [4.78, 5) is 22.2. The van der Waals surface area contributed by atoms with E-state index in [1.54, 1.807) is 6.20 Å². The normalized spacial score (nSPS) is 18.9. The summed E-state index contributed by atoms with van der Waals surface area (Å²) in [5.41, 5.74) is 7.52. The van der Waals surface area contributed by atoms with Crippen LogP contribution in [0.25, 0.3) is 0 Å². The van der Waals surface area contributed by atoms with Crippen LogP contribution in [0.3, 0.4) is 0 Å². The largest absolute Gasteiger partial charge is 0.377 e. The SMILES string of the molecule is C[C@@H](Nc1ccc(N2CCC[C@@H](C(N)=O)C2)nc1)c1cccnc1. The average Bonchev–Trinajstić information content (AvgIpc) is 2.63. The molecule has 126 valence electrons. The van der Waals surface area contributed by atoms with Crippen LogP contribution in [0.4, 0.5) is 11.5 Å². The van der Waals surface area contributed by atoms with Crippen molar-refractivity contribution in [1.82, 2.24) is 9.97 Å². The van der Waals surface area contributed by atoms with Gasteiger partial charge in [-0.05, 0) is 43.5 Å². The molecular weight excluding hydrogens is 302 g/mol. The van der Waals surface area contributed by atoms with Gasteiger partial charge in [0.25, 0.3) is 0 Å². The van der Waals surface area contributed by atoms with Gasteiger partial charge in [0.2, 0.25) is 5.91 Å². The monoisotopic (exact) mass is 325 g/mol. The molecule has 3 heterocycles. The van der Waals surface area contributed by atoms with E-state index in [0.29, 0.717) is 6.54 Å². The minimum atomic E-state index is -0.219. The molecule has 1 aliphatic heterocycles. The van der Waals surface area contributed by atoms with Crippen LogP contribution in [0.15, 0.2) is 42.9 Å². The van der Waals surface area contributed by atoms with Crippen molar-refractivity contribution < 1.29 is 4.79 Å². The van der Waals surface area contributed by atoms with Crippen molar-refractivity contribution in [3.63, 3.8) is 0 Å². The van der Waals surface area contributed by atoms with Crippen molar-refractivity contribution in [1.29, 1.82) is 0 Å². The average molecular weight is 325 g/mol. The fraction of sp³-hybridized carbons (Fsp3) is 0.389. The number of primary amides is 1. The molecule has 0 bridgehead atoms. The van der Waals surface area contributed by atoms with Crippen LogP contribution in [-0.4, -0.2) is 29.0 Å². The molecule has 24 heavy (non-hydrogen) atoms. The second-order valence-corrected chi connectivity index (χ2v) is 6.24. The Morgan fingerprint density at radius 2 is 2.25 bits per heavy atom. The van der Waals surface area contributed by atoms with E-state index in [1.807, 2.05) is 36.7 Å². The van der Waals surface area contributed by atoms with Gasteiger partial charge < -0.3 is 16.0 Å². The number of nitrogens with zero attached hydrogens (tertiary/aromatic N) is 3. The summed E-state index contributed by atoms with van der Waals surface area (Å²) in [6, 6.07) is 8.13. The van der Waals surface area contributed by atoms with Gasteiger partial charge in [-0.2, -0.15) is 0 Å². The maximum Gasteiger partial charge on any atom is 0.222 e. The van der Waals surface area contributed by atoms with Crippen LogP contribution >= 0.6 is 0 Å². The first-order valence-corrected chi connectivity index (χ1v) is 8.30. The minimum absolute atomic E-state index is 0.0797. The van der Waals surface area contributed by atoms with Crippen LogP contribution < -0.4 is 16.0 Å². The highest BCUT2D eigenvalue weighted by Crippen LogP contribution is 2.24. The molecule has 6 heteroatoms. The fourth-order valence-corrected chi connectivity index (χ4v) is 3.04. The summed E-state index contributed by atoms with van der Waals surface area (Å²) in [5, 5.41) is 3.42. The first-order chi connectivity index (χ1) is 11.6. The number of carbonyl (C=O) groups excluding carboxylic acids is 1. The highest BCUT2D eigenvalue weighted by Gasteiger charge is 2.24. The Labute approximate surface area is 142 Å². The van der Waals surface area contributed by atoms with Gasteiger partial charge in [0, 0.05) is 25.5 Å². The minimum Gasteiger partial charge on any atom is -0.377 e. The maximum absolute atomic E-state index is 11.4. The molecule has 3 N–H and O–H groups in total. The van der Waals surface area contributed by atoms with Gasteiger partial charge >= 0.3 is 0 Å². The zero-order valence-corrected chi connectivity index (χ0v) is 13.9. The third kappa shape index (κ3) is 3.82. The van der Waals surface area contributed by atoms with Gasteiger partial charge in [-0.1, -0.05) is 6.07 Å². The standard InChI is InChI=1S/C18H23N5O/c1-13(14-4-2-8-20-10-14)22-16-6-7-17(21-11-16)23-9-3-5-15(12-23)18(19)24/h2,4,6-8,10-11,13,15,22H,3,5,9,12H2,1H3,(H2,19,24)/t13-,15-/m1/s1. The number of amides is 1. The number of piperidine rings is 1. The van der Waals surface area contributed by atoms with E-state index in [1.165, 1.54) is 0 Å². The predicted octanol–water partition coefficient (Wildman–Crippen LogP) is 2.35. The number of hydrogen-bond donors (Lipinski definition) is 2. The fourth-order valence-electron chi connectivity index (χ4n) is 3.04. The molecule has 1 fully saturated rings. The lowest BCUT2D eigenvalue weighted by Gasteiger charge is -2.32. The van der Waals surface area contributed by atoms with Crippen molar-refractivity contribution in [2.45, 2.75) is 25.8 Å². The topological polar surface area (TPSA) is 84.1 Å². The highest BCUT2D eigenvalue weighted by atomic mass is 16.1. The molecule has 0 radical (unpaired) electrons. The van der Waals surface area contributed by atoms with Gasteiger partial charge in [-0.3, -0.25) is 9.78 Å². The second kappa shape index (κ2) is 7.29. The molecule has 2 aromatic heterocycles. The van der Waals surface area contributed by atoms with E-state index in [2.05, 4.69) is 27.1 Å². The number of rotatable bonds is 5. The predicted molar refractivity (Wildman–Crippen MR) is 94.6 cm³/mol. The molecule has 1 amide bonds. The van der Waals surface area contributed by atoms with E-state index in [9.17, 15) is 4.79 Å². The number of aromatic nitrogens is 2. The lowest BCUT2D eigenvalue weighted by atomic mass is 9.97. The highest BCUT2D eigenvalue weighted by molar-refractivity contribution is 5.77. The number of anilines is 2. The quantitative estimate of drug-likeness (QED) is 0.881. The smallest absolute Gasteiger partial charge is 0.222 e. The van der Waals surface area contributed by atoms with Crippen LogP contribution in [0, 0.1) is 5.92 Å². The number of nitrogens with two attached hydrogens (primary N) is 1. The van der Waals surface area contributed by atoms with Gasteiger partial charge in [0.05, 0.1) is 23.8 Å². The molecule has 0 unspecified atom stereocenters. The number of nitrogens with one attached hydrogen (secondary N) is 1. The lowest BCUT2D eigenvalue weighted by Crippen LogP contribution is -2.41. The van der Waals surface area contributed by atoms with Crippen molar-refractivity contribution >= 4 is 17.4 Å². The Morgan fingerprint density at radius 1 is 1.38 bits per heavy atom. The summed E-state index contributed by atoms with van der Waals surface area (Å²) in [5.74, 6) is 0.591. The Balaban J connectivity index is 1.64. The molecule has 0 aliphatic carbocycles. The molecule has 0 spiro atoms. The third-order valence-electron chi connectivity index (χ3n) is 4.46. The lowest BCUT2D eigenvalue weighted by molar-refractivity contribution is -0.122. The molecule has 3 rings (SSSR count). The molecular formula is C18H23N5O. The number of pyridine rings is 2. The van der Waals surface area contributed by atoms with Gasteiger partial charge in [-0.15, -0.1) is 0 Å². The van der Waals surface area contributed by atoms with Gasteiger partial charge in [-0.25, -0.2) is 4.98 Å². The summed E-state index contributed by atoms with van der Waals surface area (Å²) in [6.07, 6.45) is 7.29. The second-order valence-electron chi connectivity index (χ2n) is 6.24. The first-order valence-electron chi connectivity index (χ1n) is 8.30. The molecule has 2 atom stereocenters. The van der Waals surface area contributed by atoms with E-state index >= 15 is 0 Å². The Hall–Kier alpha value is -2.63. The van der Waals surface area contributed by atoms with Crippen molar-refractivity contribution in [2.75, 3.05) is 23.3 Å². The van der Waals surface area contributed by atoms with Crippen molar-refractivity contribution in [3.8, 4) is 0 Å². The van der Waals surface area contributed by atoms with Crippen molar-refractivity contribution in [2.24, 2.45) is 11.7 Å². The molecule has 6 nitrogen and oxygen atoms in total. The third-order valence-corrected chi connectivity index (χ3v) is 4.46. The summed E-state index contributed by atoms with van der Waals surface area (Å²) in [6.45, 7) is 3.66. The van der Waals surface area contributed by atoms with Crippen molar-refractivity contribution in [3.05, 3.63) is 48.4 Å². The van der Waals surface area contributed by atoms with E-state index in [4.69, 9.17) is 5.73 Å². The van der Waals surface area contributed by atoms with Crippen LogP contribution in [-0.2, 0) is 4.79 Å². The molecule has 1 saturated heterocycles. The molecule has 2 aromatic rings. The first kappa shape index (κ1) is 16.2. The zero-order valence-electron chi connectivity index (χ0n) is 13.9. The van der Waals surface area contributed by atoms with E-state index in [-0.39, 0.29) is 17.9 Å². The molecule has 1 aliphatic rings. The maximum atomic E-state index is 11.4. The Kier molecular flexibility index (Phi) is 4.93. The Morgan fingerprint density at radius 3 is 2.92 bits per heavy atom.